The lowest BCUT2D eigenvalue weighted by molar-refractivity contribution is 0.572. The lowest BCUT2D eigenvalue weighted by atomic mass is 10.1. The monoisotopic (exact) mass is 348 g/mol. The average molecular weight is 349 g/mol. The zero-order valence-corrected chi connectivity index (χ0v) is 16.1. The Morgan fingerprint density at radius 1 is 0.808 bits per heavy atom. The van der Waals surface area contributed by atoms with Crippen molar-refractivity contribution in [1.29, 1.82) is 0 Å². The van der Waals surface area contributed by atoms with E-state index in [9.17, 15) is 0 Å². The first-order valence-corrected chi connectivity index (χ1v) is 10.2. The normalized spacial score (nSPS) is 11.3. The Morgan fingerprint density at radius 3 is 2.38 bits per heavy atom. The van der Waals surface area contributed by atoms with Crippen LogP contribution >= 0.6 is 0 Å². The van der Waals surface area contributed by atoms with Gasteiger partial charge in [-0.3, -0.25) is 0 Å². The summed E-state index contributed by atoms with van der Waals surface area (Å²) in [6.45, 7) is 5.27. The largest absolute Gasteiger partial charge is 0.343 e. The molecule has 1 heterocycles. The molecule has 2 aromatic carbocycles. The summed E-state index contributed by atoms with van der Waals surface area (Å²) in [5, 5.41) is 5.02. The minimum Gasteiger partial charge on any atom is -0.343 e. The minimum atomic E-state index is 0.929. The molecule has 0 aliphatic rings. The van der Waals surface area contributed by atoms with Crippen LogP contribution in [0.5, 0.6) is 0 Å². The van der Waals surface area contributed by atoms with Crippen LogP contribution in [0.2, 0.25) is 0 Å². The maximum Gasteiger partial charge on any atom is 0.0486 e. The van der Waals surface area contributed by atoms with Crippen molar-refractivity contribution in [3.8, 4) is 0 Å². The number of benzene rings is 2. The Balaban J connectivity index is 1.57. The van der Waals surface area contributed by atoms with Gasteiger partial charge in [-0.15, -0.1) is 0 Å². The molecule has 0 saturated heterocycles. The Morgan fingerprint density at radius 2 is 1.54 bits per heavy atom. The van der Waals surface area contributed by atoms with Crippen LogP contribution in [0.4, 0.5) is 0 Å². The molecular weight excluding hydrogens is 316 g/mol. The number of para-hydroxylation sites is 1. The second kappa shape index (κ2) is 10.2. The summed E-state index contributed by atoms with van der Waals surface area (Å²) in [4.78, 5) is 0. The van der Waals surface area contributed by atoms with Crippen LogP contribution < -0.4 is 5.32 Å². The fourth-order valence-corrected chi connectivity index (χ4v) is 3.63. The summed E-state index contributed by atoms with van der Waals surface area (Å²) in [6, 6.07) is 19.5. The van der Waals surface area contributed by atoms with Crippen molar-refractivity contribution in [2.45, 2.75) is 58.5 Å². The molecule has 0 saturated carbocycles. The molecule has 0 atom stereocenters. The van der Waals surface area contributed by atoms with E-state index in [1.54, 1.807) is 0 Å². The lowest BCUT2D eigenvalue weighted by Gasteiger charge is -2.05. The predicted molar refractivity (Wildman–Crippen MR) is 113 cm³/mol. The average Bonchev–Trinajstić information content (AvgIpc) is 3.02. The summed E-state index contributed by atoms with van der Waals surface area (Å²) < 4.78 is 2.38. The van der Waals surface area contributed by atoms with Gasteiger partial charge >= 0.3 is 0 Å². The van der Waals surface area contributed by atoms with Gasteiger partial charge in [0.05, 0.1) is 0 Å². The molecule has 3 aromatic rings. The summed E-state index contributed by atoms with van der Waals surface area (Å²) in [5.74, 6) is 0. The Hall–Kier alpha value is -2.06. The first kappa shape index (κ1) is 18.7. The summed E-state index contributed by atoms with van der Waals surface area (Å²) >= 11 is 0. The first-order chi connectivity index (χ1) is 12.9. The molecule has 2 heteroatoms. The molecule has 138 valence electrons. The van der Waals surface area contributed by atoms with Gasteiger partial charge in [0.1, 0.15) is 0 Å². The highest BCUT2D eigenvalue weighted by molar-refractivity contribution is 5.84. The standard InChI is InChI=1S/C24H32N2/c1-2-3-4-5-6-12-17-25-18-22-20-26(19-21-13-8-7-9-14-21)24-16-11-10-15-23(22)24/h7-11,13-16,20,25H,2-6,12,17-19H2,1H3. The van der Waals surface area contributed by atoms with Crippen LogP contribution in [-0.4, -0.2) is 11.1 Å². The van der Waals surface area contributed by atoms with Crippen molar-refractivity contribution < 1.29 is 0 Å². The van der Waals surface area contributed by atoms with E-state index in [4.69, 9.17) is 0 Å². The molecule has 1 N–H and O–H groups in total. The number of hydrogen-bond acceptors (Lipinski definition) is 1. The van der Waals surface area contributed by atoms with Crippen LogP contribution in [0.1, 0.15) is 56.6 Å². The number of fused-ring (bicyclic) bond motifs is 1. The highest BCUT2D eigenvalue weighted by atomic mass is 15.0. The number of nitrogens with one attached hydrogen (secondary N) is 1. The highest BCUT2D eigenvalue weighted by Gasteiger charge is 2.08. The van der Waals surface area contributed by atoms with Crippen molar-refractivity contribution in [2.75, 3.05) is 6.54 Å². The zero-order chi connectivity index (χ0) is 18.0. The maximum absolute atomic E-state index is 3.65. The predicted octanol–water partition coefficient (Wildman–Crippen LogP) is 6.14. The van der Waals surface area contributed by atoms with Crippen molar-refractivity contribution in [1.82, 2.24) is 9.88 Å². The van der Waals surface area contributed by atoms with Crippen LogP contribution in [0.3, 0.4) is 0 Å². The third-order valence-electron chi connectivity index (χ3n) is 5.09. The molecule has 0 unspecified atom stereocenters. The van der Waals surface area contributed by atoms with Crippen molar-refractivity contribution in [3.05, 3.63) is 71.9 Å². The van der Waals surface area contributed by atoms with E-state index in [0.29, 0.717) is 0 Å². The van der Waals surface area contributed by atoms with E-state index >= 15 is 0 Å². The molecular formula is C24H32N2. The van der Waals surface area contributed by atoms with Gasteiger partial charge in [-0.05, 0) is 30.2 Å². The van der Waals surface area contributed by atoms with Gasteiger partial charge in [0.25, 0.3) is 0 Å². The molecule has 0 bridgehead atoms. The van der Waals surface area contributed by atoms with E-state index in [0.717, 1.165) is 19.6 Å². The van der Waals surface area contributed by atoms with E-state index in [2.05, 4.69) is 77.6 Å². The second-order valence-electron chi connectivity index (χ2n) is 7.23. The summed E-state index contributed by atoms with van der Waals surface area (Å²) in [5.41, 5.74) is 4.08. The van der Waals surface area contributed by atoms with Crippen molar-refractivity contribution in [2.24, 2.45) is 0 Å². The molecule has 3 rings (SSSR count). The van der Waals surface area contributed by atoms with Gasteiger partial charge < -0.3 is 9.88 Å². The lowest BCUT2D eigenvalue weighted by Crippen LogP contribution is -2.14. The van der Waals surface area contributed by atoms with Crippen LogP contribution in [0, 0.1) is 0 Å². The van der Waals surface area contributed by atoms with Gasteiger partial charge in [-0.2, -0.15) is 0 Å². The molecule has 0 fully saturated rings. The quantitative estimate of drug-likeness (QED) is 0.412. The maximum atomic E-state index is 3.65. The second-order valence-corrected chi connectivity index (χ2v) is 7.23. The summed E-state index contributed by atoms with van der Waals surface area (Å²) in [6.07, 6.45) is 10.4. The van der Waals surface area contributed by atoms with E-state index in [-0.39, 0.29) is 0 Å². The highest BCUT2D eigenvalue weighted by Crippen LogP contribution is 2.22. The molecule has 26 heavy (non-hydrogen) atoms. The Labute approximate surface area is 158 Å². The Bertz CT molecular complexity index is 773. The van der Waals surface area contributed by atoms with E-state index in [1.807, 2.05) is 0 Å². The minimum absolute atomic E-state index is 0.929. The first-order valence-electron chi connectivity index (χ1n) is 10.2. The number of nitrogens with zero attached hydrogens (tertiary/aromatic N) is 1. The number of unbranched alkanes of at least 4 members (excludes halogenated alkanes) is 5. The number of rotatable bonds is 11. The molecule has 0 radical (unpaired) electrons. The molecule has 0 spiro atoms. The molecule has 0 amide bonds. The molecule has 1 aromatic heterocycles. The Kier molecular flexibility index (Phi) is 7.33. The van der Waals surface area contributed by atoms with Crippen LogP contribution in [-0.2, 0) is 13.1 Å². The fourth-order valence-electron chi connectivity index (χ4n) is 3.63. The number of hydrogen-bond donors (Lipinski definition) is 1. The van der Waals surface area contributed by atoms with Crippen LogP contribution in [0.25, 0.3) is 10.9 Å². The van der Waals surface area contributed by atoms with Crippen LogP contribution in [0.15, 0.2) is 60.8 Å². The number of aromatic nitrogens is 1. The van der Waals surface area contributed by atoms with Gasteiger partial charge in [-0.1, -0.05) is 87.6 Å². The third-order valence-corrected chi connectivity index (χ3v) is 5.09. The van der Waals surface area contributed by atoms with Gasteiger partial charge in [0.2, 0.25) is 0 Å². The van der Waals surface area contributed by atoms with Gasteiger partial charge in [-0.25, -0.2) is 0 Å². The molecule has 0 aliphatic carbocycles. The summed E-state index contributed by atoms with van der Waals surface area (Å²) in [7, 11) is 0. The van der Waals surface area contributed by atoms with E-state index in [1.165, 1.54) is 60.6 Å². The smallest absolute Gasteiger partial charge is 0.0486 e. The molecule has 2 nitrogen and oxygen atoms in total. The SMILES string of the molecule is CCCCCCCCNCc1cn(Cc2ccccc2)c2ccccc12. The zero-order valence-electron chi connectivity index (χ0n) is 16.1. The van der Waals surface area contributed by atoms with Crippen molar-refractivity contribution in [3.63, 3.8) is 0 Å². The topological polar surface area (TPSA) is 17.0 Å². The van der Waals surface area contributed by atoms with Crippen molar-refractivity contribution >= 4 is 10.9 Å². The van der Waals surface area contributed by atoms with E-state index < -0.39 is 0 Å². The van der Waals surface area contributed by atoms with Gasteiger partial charge in [0.15, 0.2) is 0 Å². The van der Waals surface area contributed by atoms with Gasteiger partial charge in [0, 0.05) is 30.2 Å². The molecule has 0 aliphatic heterocycles. The fraction of sp³-hybridized carbons (Fsp3) is 0.417. The third kappa shape index (κ3) is 5.22.